The summed E-state index contributed by atoms with van der Waals surface area (Å²) in [4.78, 5) is 1.92. The van der Waals surface area contributed by atoms with E-state index >= 15 is 0 Å². The number of hydrogen-bond acceptors (Lipinski definition) is 3. The van der Waals surface area contributed by atoms with Gasteiger partial charge in [-0.1, -0.05) is 0 Å². The van der Waals surface area contributed by atoms with Crippen LogP contribution in [0.25, 0.3) is 0 Å². The van der Waals surface area contributed by atoms with Gasteiger partial charge in [-0.3, -0.25) is 0 Å². The molecule has 0 amide bonds. The van der Waals surface area contributed by atoms with Crippen LogP contribution in [0, 0.1) is 0 Å². The fourth-order valence-corrected chi connectivity index (χ4v) is 1.21. The Morgan fingerprint density at radius 2 is 2.06 bits per heavy atom. The maximum atomic E-state index is 12.6. The Kier molecular flexibility index (Phi) is 4.49. The number of nitrogens with zero attached hydrogens (tertiary/aromatic N) is 1. The van der Waals surface area contributed by atoms with E-state index in [1.54, 1.807) is 6.07 Å². The Balaban J connectivity index is 2.71. The summed E-state index contributed by atoms with van der Waals surface area (Å²) in [7, 11) is 3.78. The van der Waals surface area contributed by atoms with Crippen LogP contribution >= 0.6 is 0 Å². The van der Waals surface area contributed by atoms with Crippen LogP contribution in [0.5, 0.6) is 5.75 Å². The summed E-state index contributed by atoms with van der Waals surface area (Å²) in [5.74, 6) is 0.200. The minimum Gasteiger partial charge on any atom is -0.492 e. The van der Waals surface area contributed by atoms with Crippen molar-refractivity contribution in [3.05, 3.63) is 23.8 Å². The fraction of sp³-hybridized carbons (Fsp3) is 0.455. The van der Waals surface area contributed by atoms with Crippen LogP contribution in [0.2, 0.25) is 0 Å². The maximum Gasteiger partial charge on any atom is 0.267 e. The molecule has 0 saturated carbocycles. The number of nitrogens with two attached hydrogens (primary N) is 1. The summed E-state index contributed by atoms with van der Waals surface area (Å²) in [5, 5.41) is 0. The van der Waals surface area contributed by atoms with Crippen LogP contribution in [0.15, 0.2) is 18.2 Å². The smallest absolute Gasteiger partial charge is 0.267 e. The first-order chi connectivity index (χ1) is 7.50. The summed E-state index contributed by atoms with van der Waals surface area (Å²) in [6.07, 6.45) is -2.57. The lowest BCUT2D eigenvalue weighted by molar-refractivity contribution is 0.144. The average molecular weight is 230 g/mol. The first kappa shape index (κ1) is 12.7. The van der Waals surface area contributed by atoms with E-state index in [0.717, 1.165) is 0 Å². The summed E-state index contributed by atoms with van der Waals surface area (Å²) < 4.78 is 30.6. The summed E-state index contributed by atoms with van der Waals surface area (Å²) in [6, 6.07) is 4.28. The molecule has 16 heavy (non-hydrogen) atoms. The van der Waals surface area contributed by atoms with Crippen molar-refractivity contribution in [1.82, 2.24) is 4.90 Å². The molecule has 0 atom stereocenters. The van der Waals surface area contributed by atoms with Gasteiger partial charge in [-0.2, -0.15) is 0 Å². The molecule has 0 aliphatic carbocycles. The fourth-order valence-electron chi connectivity index (χ4n) is 1.21. The minimum atomic E-state index is -2.57. The van der Waals surface area contributed by atoms with Crippen molar-refractivity contribution in [2.24, 2.45) is 0 Å². The van der Waals surface area contributed by atoms with Crippen LogP contribution in [0.1, 0.15) is 12.0 Å². The zero-order valence-electron chi connectivity index (χ0n) is 9.41. The Morgan fingerprint density at radius 1 is 1.38 bits per heavy atom. The van der Waals surface area contributed by atoms with Crippen molar-refractivity contribution in [3.8, 4) is 5.75 Å². The van der Waals surface area contributed by atoms with Gasteiger partial charge in [0.05, 0.1) is 5.56 Å². The molecule has 0 aliphatic rings. The molecule has 1 rings (SSSR count). The Bertz CT molecular complexity index is 343. The van der Waals surface area contributed by atoms with Crippen molar-refractivity contribution >= 4 is 5.69 Å². The minimum absolute atomic E-state index is 0.154. The van der Waals surface area contributed by atoms with Gasteiger partial charge in [0, 0.05) is 12.2 Å². The first-order valence-corrected chi connectivity index (χ1v) is 4.96. The molecule has 1 aromatic rings. The molecule has 0 spiro atoms. The average Bonchev–Trinajstić information content (AvgIpc) is 2.19. The topological polar surface area (TPSA) is 38.5 Å². The van der Waals surface area contributed by atoms with Gasteiger partial charge in [0.2, 0.25) is 0 Å². The monoisotopic (exact) mass is 230 g/mol. The van der Waals surface area contributed by atoms with Gasteiger partial charge < -0.3 is 15.4 Å². The second-order valence-electron chi connectivity index (χ2n) is 3.75. The number of anilines is 1. The largest absolute Gasteiger partial charge is 0.492 e. The van der Waals surface area contributed by atoms with E-state index in [2.05, 4.69) is 0 Å². The zero-order valence-corrected chi connectivity index (χ0v) is 9.41. The summed E-state index contributed by atoms with van der Waals surface area (Å²) in [6.45, 7) is 1.05. The Hall–Kier alpha value is -1.36. The molecule has 3 nitrogen and oxygen atoms in total. The molecule has 0 bridgehead atoms. The van der Waals surface area contributed by atoms with Crippen molar-refractivity contribution < 1.29 is 13.5 Å². The Morgan fingerprint density at radius 3 is 2.62 bits per heavy atom. The van der Waals surface area contributed by atoms with E-state index < -0.39 is 6.43 Å². The predicted molar refractivity (Wildman–Crippen MR) is 59.9 cm³/mol. The molecule has 0 heterocycles. The normalized spacial score (nSPS) is 11.1. The highest BCUT2D eigenvalue weighted by molar-refractivity contribution is 5.48. The van der Waals surface area contributed by atoms with Gasteiger partial charge in [-0.15, -0.1) is 0 Å². The highest BCUT2D eigenvalue weighted by atomic mass is 19.3. The van der Waals surface area contributed by atoms with Crippen LogP contribution in [0.3, 0.4) is 0 Å². The van der Waals surface area contributed by atoms with Gasteiger partial charge in [0.25, 0.3) is 6.43 Å². The standard InChI is InChI=1S/C11H16F2N2O/c1-15(2)5-6-16-10-4-3-8(14)7-9(10)11(12)13/h3-4,7,11H,5-6,14H2,1-2H3. The molecule has 0 aliphatic heterocycles. The van der Waals surface area contributed by atoms with Gasteiger partial charge in [-0.25, -0.2) is 8.78 Å². The van der Waals surface area contributed by atoms with Gasteiger partial charge in [0.15, 0.2) is 0 Å². The quantitative estimate of drug-likeness (QED) is 0.788. The van der Waals surface area contributed by atoms with E-state index in [1.807, 2.05) is 19.0 Å². The van der Waals surface area contributed by atoms with Crippen molar-refractivity contribution in [1.29, 1.82) is 0 Å². The summed E-state index contributed by atoms with van der Waals surface area (Å²) >= 11 is 0. The van der Waals surface area contributed by atoms with Gasteiger partial charge >= 0.3 is 0 Å². The van der Waals surface area contributed by atoms with E-state index in [4.69, 9.17) is 10.5 Å². The van der Waals surface area contributed by atoms with Crippen LogP contribution in [-0.4, -0.2) is 32.1 Å². The van der Waals surface area contributed by atoms with Gasteiger partial charge in [-0.05, 0) is 32.3 Å². The third-order valence-corrected chi connectivity index (χ3v) is 2.07. The maximum absolute atomic E-state index is 12.6. The predicted octanol–water partition coefficient (Wildman–Crippen LogP) is 2.15. The lowest BCUT2D eigenvalue weighted by Crippen LogP contribution is -2.19. The number of halogens is 2. The lowest BCUT2D eigenvalue weighted by Gasteiger charge is -2.14. The Labute approximate surface area is 93.8 Å². The van der Waals surface area contributed by atoms with Crippen molar-refractivity contribution in [2.45, 2.75) is 6.43 Å². The first-order valence-electron chi connectivity index (χ1n) is 4.96. The highest BCUT2D eigenvalue weighted by Gasteiger charge is 2.14. The number of likely N-dealkylation sites (N-methyl/N-ethyl adjacent to an activating group) is 1. The molecule has 1 aromatic carbocycles. The highest BCUT2D eigenvalue weighted by Crippen LogP contribution is 2.30. The number of nitrogen functional groups attached to an aromatic ring is 1. The van der Waals surface area contributed by atoms with E-state index in [-0.39, 0.29) is 11.3 Å². The van der Waals surface area contributed by atoms with E-state index in [9.17, 15) is 8.78 Å². The molecule has 0 fully saturated rings. The number of ether oxygens (including phenoxy) is 1. The van der Waals surface area contributed by atoms with Crippen LogP contribution in [0.4, 0.5) is 14.5 Å². The number of rotatable bonds is 5. The lowest BCUT2D eigenvalue weighted by atomic mass is 10.2. The molecule has 2 N–H and O–H groups in total. The molecular weight excluding hydrogens is 214 g/mol. The molecule has 0 radical (unpaired) electrons. The third kappa shape index (κ3) is 3.66. The van der Waals surface area contributed by atoms with Crippen LogP contribution in [-0.2, 0) is 0 Å². The summed E-state index contributed by atoms with van der Waals surface area (Å²) in [5.41, 5.74) is 5.61. The number of hydrogen-bond donors (Lipinski definition) is 1. The SMILES string of the molecule is CN(C)CCOc1ccc(N)cc1C(F)F. The van der Waals surface area contributed by atoms with E-state index in [0.29, 0.717) is 18.8 Å². The van der Waals surface area contributed by atoms with Gasteiger partial charge in [0.1, 0.15) is 12.4 Å². The number of benzene rings is 1. The molecule has 0 unspecified atom stereocenters. The second kappa shape index (κ2) is 5.65. The van der Waals surface area contributed by atoms with E-state index in [1.165, 1.54) is 12.1 Å². The second-order valence-corrected chi connectivity index (χ2v) is 3.75. The zero-order chi connectivity index (χ0) is 12.1. The van der Waals surface area contributed by atoms with Crippen LogP contribution < -0.4 is 10.5 Å². The third-order valence-electron chi connectivity index (χ3n) is 2.07. The number of alkyl halides is 2. The van der Waals surface area contributed by atoms with Crippen molar-refractivity contribution in [3.63, 3.8) is 0 Å². The molecule has 90 valence electrons. The molecule has 0 saturated heterocycles. The molecule has 5 heteroatoms. The van der Waals surface area contributed by atoms with Crippen molar-refractivity contribution in [2.75, 3.05) is 33.0 Å². The molecule has 0 aromatic heterocycles. The molecular formula is C11H16F2N2O.